The molecule has 106 valence electrons. The van der Waals surface area contributed by atoms with Crippen molar-refractivity contribution in [2.75, 3.05) is 0 Å². The maximum atomic E-state index is 4.89. The third-order valence-corrected chi connectivity index (χ3v) is 2.79. The Hall–Kier alpha value is -1.23. The number of halogens is 2. The first-order valence-electron chi connectivity index (χ1n) is 6.19. The summed E-state index contributed by atoms with van der Waals surface area (Å²) >= 11 is -0.556. The van der Waals surface area contributed by atoms with Crippen molar-refractivity contribution < 1.29 is 17.0 Å². The molecular weight excluding hydrogens is 335 g/mol. The molecule has 4 aliphatic rings. The fraction of sp³-hybridized carbons (Fsp3) is 0. The molecule has 0 aromatic carbocycles. The zero-order valence-electron chi connectivity index (χ0n) is 11.0. The van der Waals surface area contributed by atoms with E-state index in [1.54, 1.807) is 0 Å². The number of rotatable bonds is 0. The first-order valence-corrected chi connectivity index (χ1v) is 10.5. The minimum absolute atomic E-state index is 0.556. The molecule has 0 fully saturated rings. The van der Waals surface area contributed by atoms with E-state index in [1.807, 2.05) is 49.3 Å². The molecule has 4 rings (SSSR count). The zero-order chi connectivity index (χ0) is 14.9. The van der Waals surface area contributed by atoms with Gasteiger partial charge in [-0.3, -0.25) is 12.2 Å². The fourth-order valence-electron chi connectivity index (χ4n) is 1.86. The second-order valence-corrected chi connectivity index (χ2v) is 6.65. The third kappa shape index (κ3) is 4.92. The van der Waals surface area contributed by atoms with E-state index in [0.29, 0.717) is 0 Å². The number of hydrogen-bond acceptors (Lipinski definition) is 0. The average molecular weight is 345 g/mol. The van der Waals surface area contributed by atoms with Crippen molar-refractivity contribution in [3.8, 4) is 0 Å². The van der Waals surface area contributed by atoms with Crippen molar-refractivity contribution in [1.82, 2.24) is 0 Å². The van der Waals surface area contributed by atoms with Gasteiger partial charge in [0.2, 0.25) is 0 Å². The molecule has 3 heteroatoms. The predicted octanol–water partition coefficient (Wildman–Crippen LogP) is 4.96. The Morgan fingerprint density at radius 1 is 0.762 bits per heavy atom. The van der Waals surface area contributed by atoms with Gasteiger partial charge in [-0.15, -0.1) is 0 Å². The molecule has 0 atom stereocenters. The Morgan fingerprint density at radius 3 is 1.52 bits per heavy atom. The SMILES string of the molecule is C1=[C-]C2=C(C=1)[CH-]C=C[CH-]2.C1=[C-]C2=C(C=1)[CH-]C=C[CH-]2.[Cl][Ti][Cl]. The van der Waals surface area contributed by atoms with Crippen LogP contribution in [0.2, 0.25) is 0 Å². The van der Waals surface area contributed by atoms with E-state index in [4.69, 9.17) is 18.6 Å². The van der Waals surface area contributed by atoms with Gasteiger partial charge in [0.1, 0.15) is 0 Å². The van der Waals surface area contributed by atoms with Crippen LogP contribution in [0, 0.1) is 37.8 Å². The van der Waals surface area contributed by atoms with Crippen LogP contribution in [0.15, 0.2) is 70.2 Å². The summed E-state index contributed by atoms with van der Waals surface area (Å²) < 4.78 is 0. The molecule has 0 saturated carbocycles. The van der Waals surface area contributed by atoms with E-state index in [0.717, 1.165) is 11.1 Å². The summed E-state index contributed by atoms with van der Waals surface area (Å²) in [6, 6.07) is 0. The predicted molar refractivity (Wildman–Crippen MR) is 83.9 cm³/mol. The van der Waals surface area contributed by atoms with Crippen LogP contribution in [0.4, 0.5) is 0 Å². The average Bonchev–Trinajstić information content (AvgIpc) is 3.17. The van der Waals surface area contributed by atoms with Crippen LogP contribution in [0.5, 0.6) is 0 Å². The van der Waals surface area contributed by atoms with Gasteiger partial charge in [-0.25, -0.2) is 25.0 Å². The molecule has 0 bridgehead atoms. The Kier molecular flexibility index (Phi) is 6.87. The van der Waals surface area contributed by atoms with Gasteiger partial charge in [-0.05, 0) is 0 Å². The van der Waals surface area contributed by atoms with E-state index in [1.165, 1.54) is 11.1 Å². The molecule has 0 amide bonds. The molecule has 0 heterocycles. The third-order valence-electron chi connectivity index (χ3n) is 2.79. The summed E-state index contributed by atoms with van der Waals surface area (Å²) in [5.74, 6) is 0. The van der Waals surface area contributed by atoms with Gasteiger partial charge in [0.05, 0.1) is 0 Å². The van der Waals surface area contributed by atoms with E-state index in [-0.39, 0.29) is 0 Å². The topological polar surface area (TPSA) is 0 Å². The Morgan fingerprint density at radius 2 is 1.14 bits per heavy atom. The molecule has 21 heavy (non-hydrogen) atoms. The molecule has 0 spiro atoms. The number of hydrogen-bond donors (Lipinski definition) is 0. The summed E-state index contributed by atoms with van der Waals surface area (Å²) in [5, 5.41) is 0. The van der Waals surface area contributed by atoms with Crippen molar-refractivity contribution in [3.63, 3.8) is 0 Å². The van der Waals surface area contributed by atoms with Gasteiger partial charge in [-0.1, -0.05) is 0 Å². The van der Waals surface area contributed by atoms with Crippen molar-refractivity contribution in [2.45, 2.75) is 0 Å². The summed E-state index contributed by atoms with van der Waals surface area (Å²) in [6.45, 7) is 0. The molecule has 0 aromatic heterocycles. The summed E-state index contributed by atoms with van der Waals surface area (Å²) in [4.78, 5) is 0. The molecule has 0 aromatic rings. The van der Waals surface area contributed by atoms with E-state index in [9.17, 15) is 0 Å². The fourth-order valence-corrected chi connectivity index (χ4v) is 1.86. The van der Waals surface area contributed by atoms with Gasteiger partial charge in [0, 0.05) is 0 Å². The number of allylic oxidation sites excluding steroid dienone is 10. The van der Waals surface area contributed by atoms with Crippen molar-refractivity contribution >= 4 is 18.6 Å². The van der Waals surface area contributed by atoms with Gasteiger partial charge in [0.25, 0.3) is 0 Å². The molecular formula is C18H10Cl2Ti-6. The monoisotopic (exact) mass is 344 g/mol. The quantitative estimate of drug-likeness (QED) is 0.331. The Balaban J connectivity index is 0.000000130. The Bertz CT molecular complexity index is 532. The Labute approximate surface area is 143 Å². The summed E-state index contributed by atoms with van der Waals surface area (Å²) in [5.41, 5.74) is 10.6. The molecule has 0 saturated heterocycles. The standard InChI is InChI=1S/2C9H5.2ClH.Ti/c2*1-2-5-9-7-3-6-8(9)4-1;;;/h2*1-2,4-6H;2*1H;/q2*-3;;;+2/p-2. The molecule has 0 radical (unpaired) electrons. The van der Waals surface area contributed by atoms with Crippen molar-refractivity contribution in [1.29, 1.82) is 0 Å². The van der Waals surface area contributed by atoms with Crippen LogP contribution in [0.3, 0.4) is 0 Å². The zero-order valence-corrected chi connectivity index (χ0v) is 14.1. The second kappa shape index (κ2) is 8.93. The van der Waals surface area contributed by atoms with Crippen molar-refractivity contribution in [2.24, 2.45) is 0 Å². The van der Waals surface area contributed by atoms with Crippen LogP contribution in [-0.2, 0) is 17.0 Å². The van der Waals surface area contributed by atoms with Crippen LogP contribution < -0.4 is 0 Å². The van der Waals surface area contributed by atoms with Gasteiger partial charge >= 0.3 is 35.6 Å². The van der Waals surface area contributed by atoms with Crippen LogP contribution >= 0.6 is 18.6 Å². The van der Waals surface area contributed by atoms with E-state index in [2.05, 4.69) is 36.5 Å². The molecule has 0 N–H and O–H groups in total. The minimum atomic E-state index is -0.556. The summed E-state index contributed by atoms with van der Waals surface area (Å²) in [6.07, 6.45) is 26.1. The van der Waals surface area contributed by atoms with Gasteiger partial charge in [0.15, 0.2) is 0 Å². The van der Waals surface area contributed by atoms with E-state index >= 15 is 0 Å². The molecule has 0 aliphatic heterocycles. The normalized spacial score (nSPS) is 17.4. The van der Waals surface area contributed by atoms with Crippen LogP contribution in [0.25, 0.3) is 0 Å². The molecule has 0 unspecified atom stereocenters. The van der Waals surface area contributed by atoms with Gasteiger partial charge < -0.3 is 46.6 Å². The maximum absolute atomic E-state index is 4.89. The first-order chi connectivity index (χ1) is 10.3. The van der Waals surface area contributed by atoms with Gasteiger partial charge in [-0.2, -0.15) is 24.3 Å². The molecule has 4 aliphatic carbocycles. The van der Waals surface area contributed by atoms with Crippen LogP contribution in [0.1, 0.15) is 0 Å². The summed E-state index contributed by atoms with van der Waals surface area (Å²) in [7, 11) is 9.78. The molecule has 0 nitrogen and oxygen atoms in total. The first kappa shape index (κ1) is 16.2. The second-order valence-electron chi connectivity index (χ2n) is 4.07. The van der Waals surface area contributed by atoms with Crippen molar-refractivity contribution in [3.05, 3.63) is 108 Å². The van der Waals surface area contributed by atoms with E-state index < -0.39 is 17.0 Å². The van der Waals surface area contributed by atoms with Crippen LogP contribution in [-0.4, -0.2) is 0 Å².